The Morgan fingerprint density at radius 1 is 1.00 bits per heavy atom. The lowest BCUT2D eigenvalue weighted by Crippen LogP contribution is -2.66. The van der Waals surface area contributed by atoms with Crippen LogP contribution in [0.1, 0.15) is 25.3 Å². The number of allylic oxidation sites excluding steroid dienone is 1. The first kappa shape index (κ1) is 27.0. The fourth-order valence-electron chi connectivity index (χ4n) is 5.00. The monoisotopic (exact) mass is 537 g/mol. The van der Waals surface area contributed by atoms with Gasteiger partial charge in [0.05, 0.1) is 51.7 Å². The molecule has 2 aromatic carbocycles. The van der Waals surface area contributed by atoms with Gasteiger partial charge in [0.1, 0.15) is 0 Å². The summed E-state index contributed by atoms with van der Waals surface area (Å²) in [6, 6.07) is 14.4. The van der Waals surface area contributed by atoms with Gasteiger partial charge in [-0.1, -0.05) is 30.3 Å². The van der Waals surface area contributed by atoms with Crippen LogP contribution in [0.4, 0.5) is 5.13 Å². The Kier molecular flexibility index (Phi) is 7.91. The summed E-state index contributed by atoms with van der Waals surface area (Å²) in [6.07, 6.45) is 0. The summed E-state index contributed by atoms with van der Waals surface area (Å²) in [7, 11) is 5.81. The Hall–Kier alpha value is -4.05. The zero-order chi connectivity index (χ0) is 27.4. The second-order valence-electron chi connectivity index (χ2n) is 8.83. The number of benzene rings is 2. The number of nitrogens with one attached hydrogen (secondary N) is 2. The fraction of sp³-hybridized carbons (Fsp3) is 0.321. The lowest BCUT2D eigenvalue weighted by molar-refractivity contribution is -0.148. The highest BCUT2D eigenvalue weighted by Gasteiger charge is 2.58. The normalized spacial score (nSPS) is 20.8. The van der Waals surface area contributed by atoms with E-state index in [1.807, 2.05) is 60.8 Å². The molecule has 0 spiro atoms. The van der Waals surface area contributed by atoms with Crippen molar-refractivity contribution in [3.05, 3.63) is 70.7 Å². The second-order valence-corrected chi connectivity index (χ2v) is 9.69. The van der Waals surface area contributed by atoms with Gasteiger partial charge in [0.15, 0.2) is 22.2 Å². The quantitative estimate of drug-likeness (QED) is 0.405. The number of ether oxygens (including phenoxy) is 4. The number of hydrogen-bond acceptors (Lipinski definition) is 10. The molecule has 0 saturated carbocycles. The van der Waals surface area contributed by atoms with E-state index in [-0.39, 0.29) is 0 Å². The van der Waals surface area contributed by atoms with E-state index in [1.165, 1.54) is 25.6 Å². The number of aromatic nitrogens is 1. The van der Waals surface area contributed by atoms with Gasteiger partial charge in [0, 0.05) is 16.6 Å². The molecular formula is C28H31N3O6S. The summed E-state index contributed by atoms with van der Waals surface area (Å²) >= 11 is 1.34. The van der Waals surface area contributed by atoms with Crippen molar-refractivity contribution in [2.75, 3.05) is 33.8 Å². The molecule has 3 unspecified atom stereocenters. The Bertz CT molecular complexity index is 1360. The Balaban J connectivity index is 1.85. The zero-order valence-electron chi connectivity index (χ0n) is 22.2. The molecule has 1 aromatic heterocycles. The van der Waals surface area contributed by atoms with Gasteiger partial charge < -0.3 is 29.6 Å². The van der Waals surface area contributed by atoms with Gasteiger partial charge in [-0.05, 0) is 37.6 Å². The molecular weight excluding hydrogens is 506 g/mol. The first-order valence-electron chi connectivity index (χ1n) is 12.0. The lowest BCUT2D eigenvalue weighted by atomic mass is 9.68. The lowest BCUT2D eigenvalue weighted by Gasteiger charge is -2.47. The number of carbonyl (C=O) groups excluding carboxylic acids is 2. The highest BCUT2D eigenvalue weighted by atomic mass is 32.1. The third kappa shape index (κ3) is 4.67. The third-order valence-corrected chi connectivity index (χ3v) is 7.58. The molecule has 38 heavy (non-hydrogen) atoms. The molecule has 200 valence electrons. The summed E-state index contributed by atoms with van der Waals surface area (Å²) in [5, 5.41) is 9.05. The van der Waals surface area contributed by atoms with E-state index in [0.29, 0.717) is 33.6 Å². The van der Waals surface area contributed by atoms with Crippen molar-refractivity contribution in [3.8, 4) is 22.8 Å². The predicted molar refractivity (Wildman–Crippen MR) is 146 cm³/mol. The fourth-order valence-corrected chi connectivity index (χ4v) is 5.79. The van der Waals surface area contributed by atoms with E-state index in [1.54, 1.807) is 21.1 Å². The summed E-state index contributed by atoms with van der Waals surface area (Å²) in [5.74, 6) is -0.608. The van der Waals surface area contributed by atoms with Crippen LogP contribution in [0.3, 0.4) is 0 Å². The Labute approximate surface area is 225 Å². The minimum Gasteiger partial charge on any atom is -0.493 e. The van der Waals surface area contributed by atoms with Gasteiger partial charge in [-0.3, -0.25) is 0 Å². The maximum atomic E-state index is 13.7. The molecule has 0 aliphatic carbocycles. The highest BCUT2D eigenvalue weighted by Crippen LogP contribution is 2.45. The predicted octanol–water partition coefficient (Wildman–Crippen LogP) is 4.37. The van der Waals surface area contributed by atoms with Crippen molar-refractivity contribution >= 4 is 28.4 Å². The molecule has 3 aromatic rings. The standard InChI is InChI=1S/C28H31N3O6S/c1-16-23(25(32)36-5)24(18-10-8-7-9-11-18)28(17(2)29-16,26(33)37-6)31-27-30-20(15-38-27)19-12-13-21(34-3)22(14-19)35-4/h7-15,17,24,29H,1-6H3,(H,30,31). The third-order valence-electron chi connectivity index (χ3n) is 6.82. The van der Waals surface area contributed by atoms with E-state index in [9.17, 15) is 9.59 Å². The van der Waals surface area contributed by atoms with E-state index in [2.05, 4.69) is 10.6 Å². The van der Waals surface area contributed by atoms with Gasteiger partial charge >= 0.3 is 11.9 Å². The largest absolute Gasteiger partial charge is 0.493 e. The van der Waals surface area contributed by atoms with Crippen molar-refractivity contribution in [2.24, 2.45) is 0 Å². The number of nitrogens with zero attached hydrogens (tertiary/aromatic N) is 1. The topological polar surface area (TPSA) is 108 Å². The van der Waals surface area contributed by atoms with E-state index >= 15 is 0 Å². The van der Waals surface area contributed by atoms with Crippen LogP contribution in [-0.4, -0.2) is 56.9 Å². The Morgan fingerprint density at radius 2 is 1.71 bits per heavy atom. The minimum atomic E-state index is -1.42. The molecule has 9 nitrogen and oxygen atoms in total. The van der Waals surface area contributed by atoms with Gasteiger partial charge in [0.25, 0.3) is 0 Å². The summed E-state index contributed by atoms with van der Waals surface area (Å²) in [4.78, 5) is 31.6. The van der Waals surface area contributed by atoms with Gasteiger partial charge in [0.2, 0.25) is 0 Å². The summed E-state index contributed by atoms with van der Waals surface area (Å²) in [5.41, 5.74) is 1.81. The number of carbonyl (C=O) groups is 2. The summed E-state index contributed by atoms with van der Waals surface area (Å²) in [6.45, 7) is 3.68. The number of hydrogen-bond donors (Lipinski definition) is 2. The van der Waals surface area contributed by atoms with Crippen molar-refractivity contribution in [1.29, 1.82) is 0 Å². The van der Waals surface area contributed by atoms with Crippen LogP contribution < -0.4 is 20.1 Å². The smallest absolute Gasteiger partial charge is 0.336 e. The Morgan fingerprint density at radius 3 is 2.34 bits per heavy atom. The van der Waals surface area contributed by atoms with Crippen LogP contribution in [0, 0.1) is 0 Å². The van der Waals surface area contributed by atoms with Crippen LogP contribution in [-0.2, 0) is 19.1 Å². The van der Waals surface area contributed by atoms with E-state index in [4.69, 9.17) is 23.9 Å². The van der Waals surface area contributed by atoms with Gasteiger partial charge in [-0.15, -0.1) is 11.3 Å². The molecule has 10 heteroatoms. The first-order chi connectivity index (χ1) is 18.3. The number of thiazole rings is 1. The van der Waals surface area contributed by atoms with Gasteiger partial charge in [-0.25, -0.2) is 14.6 Å². The molecule has 1 aliphatic heterocycles. The van der Waals surface area contributed by atoms with Crippen LogP contribution in [0.25, 0.3) is 11.3 Å². The summed E-state index contributed by atoms with van der Waals surface area (Å²) < 4.78 is 21.3. The van der Waals surface area contributed by atoms with Crippen molar-refractivity contribution in [2.45, 2.75) is 31.3 Å². The molecule has 0 saturated heterocycles. The number of rotatable bonds is 8. The van der Waals surface area contributed by atoms with Crippen LogP contribution in [0.15, 0.2) is 65.2 Å². The van der Waals surface area contributed by atoms with E-state index in [0.717, 1.165) is 11.1 Å². The SMILES string of the molecule is COC(=O)C1=C(C)NC(C)C(Nc2nc(-c3ccc(OC)c(OC)c3)cs2)(C(=O)OC)C1c1ccccc1. The van der Waals surface area contributed by atoms with Crippen LogP contribution in [0.2, 0.25) is 0 Å². The number of methoxy groups -OCH3 is 4. The molecule has 0 amide bonds. The average molecular weight is 538 g/mol. The van der Waals surface area contributed by atoms with E-state index < -0.39 is 29.4 Å². The zero-order valence-corrected chi connectivity index (χ0v) is 23.0. The molecule has 3 atom stereocenters. The molecule has 2 N–H and O–H groups in total. The van der Waals surface area contributed by atoms with Crippen LogP contribution >= 0.6 is 11.3 Å². The molecule has 0 bridgehead atoms. The molecule has 0 fully saturated rings. The van der Waals surface area contributed by atoms with Crippen molar-refractivity contribution < 1.29 is 28.5 Å². The number of esters is 2. The number of anilines is 1. The second kappa shape index (κ2) is 11.1. The molecule has 1 aliphatic rings. The molecule has 4 rings (SSSR count). The van der Waals surface area contributed by atoms with Crippen molar-refractivity contribution in [1.82, 2.24) is 10.3 Å². The molecule has 0 radical (unpaired) electrons. The average Bonchev–Trinajstić information content (AvgIpc) is 3.41. The van der Waals surface area contributed by atoms with Gasteiger partial charge in [-0.2, -0.15) is 0 Å². The minimum absolute atomic E-state index is 0.339. The first-order valence-corrected chi connectivity index (χ1v) is 12.8. The van der Waals surface area contributed by atoms with Crippen LogP contribution in [0.5, 0.6) is 11.5 Å². The highest BCUT2D eigenvalue weighted by molar-refractivity contribution is 7.14. The maximum Gasteiger partial charge on any atom is 0.336 e. The van der Waals surface area contributed by atoms with Crippen molar-refractivity contribution in [3.63, 3.8) is 0 Å². The molecule has 2 heterocycles. The maximum absolute atomic E-state index is 13.7.